The number of nitrogens with one attached hydrogen (secondary N) is 2. The molecular weight excluding hydrogens is 831 g/mol. The van der Waals surface area contributed by atoms with Gasteiger partial charge in [-0.25, -0.2) is 18.4 Å². The van der Waals surface area contributed by atoms with Gasteiger partial charge in [0.05, 0.1) is 36.5 Å². The summed E-state index contributed by atoms with van der Waals surface area (Å²) in [6.45, 7) is 19.0. The molecule has 5 atom stereocenters. The van der Waals surface area contributed by atoms with Gasteiger partial charge in [0.25, 0.3) is 5.91 Å². The van der Waals surface area contributed by atoms with Gasteiger partial charge < -0.3 is 24.4 Å². The van der Waals surface area contributed by atoms with E-state index in [4.69, 9.17) is 24.2 Å². The molecule has 16 heteroatoms. The molecule has 6 rings (SSSR count). The number of fused-ring (bicyclic) bond motifs is 1. The predicted molar refractivity (Wildman–Crippen MR) is 239 cm³/mol. The van der Waals surface area contributed by atoms with E-state index >= 15 is 0 Å². The van der Waals surface area contributed by atoms with Gasteiger partial charge in [0.1, 0.15) is 45.5 Å². The number of sulfonamides is 1. The van der Waals surface area contributed by atoms with Crippen LogP contribution in [-0.4, -0.2) is 89.2 Å². The Hall–Kier alpha value is -4.83. The van der Waals surface area contributed by atoms with Gasteiger partial charge in [0.2, 0.25) is 21.8 Å². The molecule has 3 aliphatic rings. The molecule has 2 aromatic heterocycles. The van der Waals surface area contributed by atoms with E-state index in [0.717, 1.165) is 30.5 Å². The number of amides is 3. The van der Waals surface area contributed by atoms with Crippen LogP contribution in [0.25, 0.3) is 21.6 Å². The Balaban J connectivity index is 1.35. The Morgan fingerprint density at radius 2 is 1.82 bits per heavy atom. The number of methoxy groups -OCH3 is 1. The maximum absolute atomic E-state index is 14.9. The number of carbonyl (C=O) groups excluding carboxylic acids is 4. The minimum atomic E-state index is -3.92. The topological polar surface area (TPSA) is 183 Å². The molecule has 1 saturated heterocycles. The SMILES string of the molecule is C=CCCCCC[C@H](CC(=O)OC(C)(C)C)C(=O)N1C[C@H](Oc2cc(-c3nc(C(C)C)cs3)nc3c(C)c(OC)ccc23)C[C@H]1C(=O)N[C@]1(C(=O)NS(=O)(=O)C2CC2)C[C@@H]1C=C. The Kier molecular flexibility index (Phi) is 14.2. The number of rotatable bonds is 20. The fourth-order valence-electron chi connectivity index (χ4n) is 8.04. The highest BCUT2D eigenvalue weighted by molar-refractivity contribution is 7.91. The van der Waals surface area contributed by atoms with Crippen molar-refractivity contribution >= 4 is 56.0 Å². The standard InChI is InChI=1S/C46H61N5O9S2/c1-10-12-13-14-15-16-29(21-39(52)60-45(6,7)8)43(54)51-25-31(22-36(51)41(53)49-46(24-30(46)11-2)44(55)50-62(56,57)32-17-18-32)59-38-23-34(42-48-35(26-61-42)27(3)4)47-40-28(5)37(58-9)20-19-33(38)40/h10-11,19-20,23,26-27,29-32,36H,1-2,12-18,21-22,24-25H2,3-9H3,(H,49,53)(H,50,55)/t29-,30+,31-,36+,46-/m1/s1. The number of nitrogens with zero attached hydrogens (tertiary/aromatic N) is 3. The second-order valence-electron chi connectivity index (χ2n) is 18.1. The summed E-state index contributed by atoms with van der Waals surface area (Å²) in [4.78, 5) is 67.8. The predicted octanol–water partition coefficient (Wildman–Crippen LogP) is 7.30. The second-order valence-corrected chi connectivity index (χ2v) is 20.9. The molecule has 0 radical (unpaired) electrons. The monoisotopic (exact) mass is 891 g/mol. The Morgan fingerprint density at radius 1 is 1.08 bits per heavy atom. The fraction of sp³-hybridized carbons (Fsp3) is 0.565. The van der Waals surface area contributed by atoms with E-state index in [1.54, 1.807) is 27.9 Å². The zero-order valence-corrected chi connectivity index (χ0v) is 38.6. The number of hydrogen-bond acceptors (Lipinski definition) is 12. The summed E-state index contributed by atoms with van der Waals surface area (Å²) < 4.78 is 46.1. The number of benzene rings is 1. The van der Waals surface area contributed by atoms with Crippen LogP contribution in [0.4, 0.5) is 0 Å². The summed E-state index contributed by atoms with van der Waals surface area (Å²) >= 11 is 1.47. The summed E-state index contributed by atoms with van der Waals surface area (Å²) in [7, 11) is -2.33. The van der Waals surface area contributed by atoms with Gasteiger partial charge >= 0.3 is 5.97 Å². The van der Waals surface area contributed by atoms with Crippen LogP contribution < -0.4 is 19.5 Å². The van der Waals surface area contributed by atoms with E-state index < -0.39 is 74.1 Å². The number of pyridine rings is 1. The number of allylic oxidation sites excluding steroid dienone is 1. The molecule has 0 bridgehead atoms. The Labute approximate surface area is 369 Å². The van der Waals surface area contributed by atoms with Gasteiger partial charge in [-0.05, 0) is 84.3 Å². The van der Waals surface area contributed by atoms with Crippen molar-refractivity contribution in [2.24, 2.45) is 11.8 Å². The average Bonchev–Trinajstić information content (AvgIpc) is 4.09. The fourth-order valence-corrected chi connectivity index (χ4v) is 10.3. The van der Waals surface area contributed by atoms with E-state index in [0.29, 0.717) is 58.8 Å². The molecule has 0 spiro atoms. The lowest BCUT2D eigenvalue weighted by Gasteiger charge is -2.30. The first-order valence-electron chi connectivity index (χ1n) is 21.5. The van der Waals surface area contributed by atoms with Crippen LogP contribution in [-0.2, 0) is 33.9 Å². The number of aromatic nitrogens is 2. The van der Waals surface area contributed by atoms with Crippen LogP contribution in [0.3, 0.4) is 0 Å². The Bertz CT molecular complexity index is 2320. The van der Waals surface area contributed by atoms with Crippen molar-refractivity contribution in [2.45, 2.75) is 140 Å². The van der Waals surface area contributed by atoms with Gasteiger partial charge in [0, 0.05) is 40.7 Å². The van der Waals surface area contributed by atoms with Crippen molar-refractivity contribution in [2.75, 3.05) is 13.7 Å². The first kappa shape index (κ1) is 46.7. The van der Waals surface area contributed by atoms with Gasteiger partial charge in [-0.3, -0.25) is 23.9 Å². The number of unbranched alkanes of at least 4 members (excludes halogenated alkanes) is 3. The van der Waals surface area contributed by atoms with Crippen LogP contribution in [0.15, 0.2) is 48.9 Å². The van der Waals surface area contributed by atoms with Crippen molar-refractivity contribution in [3.8, 4) is 22.2 Å². The molecule has 1 aromatic carbocycles. The highest BCUT2D eigenvalue weighted by atomic mass is 32.2. The number of aryl methyl sites for hydroxylation is 1. The number of thiazole rings is 1. The van der Waals surface area contributed by atoms with E-state index in [1.165, 1.54) is 22.3 Å². The Morgan fingerprint density at radius 3 is 2.44 bits per heavy atom. The molecule has 1 aliphatic heterocycles. The minimum Gasteiger partial charge on any atom is -0.496 e. The average molecular weight is 892 g/mol. The third-order valence-corrected chi connectivity index (χ3v) is 14.4. The lowest BCUT2D eigenvalue weighted by molar-refractivity contribution is -0.159. The molecule has 3 aromatic rings. The number of likely N-dealkylation sites (tertiary alicyclic amines) is 1. The van der Waals surface area contributed by atoms with Gasteiger partial charge in [0.15, 0.2) is 0 Å². The summed E-state index contributed by atoms with van der Waals surface area (Å²) in [5.74, 6) is -2.44. The highest BCUT2D eigenvalue weighted by Crippen LogP contribution is 2.46. The van der Waals surface area contributed by atoms with Gasteiger partial charge in [-0.2, -0.15) is 0 Å². The maximum atomic E-state index is 14.9. The van der Waals surface area contributed by atoms with Crippen molar-refractivity contribution in [1.29, 1.82) is 0 Å². The molecule has 3 heterocycles. The molecule has 62 heavy (non-hydrogen) atoms. The van der Waals surface area contributed by atoms with Gasteiger partial charge in [-0.1, -0.05) is 38.8 Å². The lowest BCUT2D eigenvalue weighted by atomic mass is 9.95. The molecule has 2 saturated carbocycles. The first-order valence-corrected chi connectivity index (χ1v) is 24.0. The second kappa shape index (κ2) is 18.9. The summed E-state index contributed by atoms with van der Waals surface area (Å²) in [6.07, 6.45) is 7.07. The van der Waals surface area contributed by atoms with Crippen LogP contribution in [0.5, 0.6) is 11.5 Å². The van der Waals surface area contributed by atoms with E-state index in [1.807, 2.05) is 36.6 Å². The largest absolute Gasteiger partial charge is 0.496 e. The van der Waals surface area contributed by atoms with Crippen molar-refractivity contribution in [1.82, 2.24) is 24.9 Å². The van der Waals surface area contributed by atoms with Crippen molar-refractivity contribution < 1.29 is 41.8 Å². The van der Waals surface area contributed by atoms with Crippen LogP contribution in [0.1, 0.15) is 116 Å². The number of carbonyl (C=O) groups is 4. The molecule has 14 nitrogen and oxygen atoms in total. The van der Waals surface area contributed by atoms with E-state index in [2.05, 4.69) is 37.0 Å². The van der Waals surface area contributed by atoms with Crippen molar-refractivity contribution in [3.05, 3.63) is 60.1 Å². The maximum Gasteiger partial charge on any atom is 0.307 e. The number of esters is 1. The van der Waals surface area contributed by atoms with E-state index in [-0.39, 0.29) is 31.7 Å². The third kappa shape index (κ3) is 10.7. The highest BCUT2D eigenvalue weighted by Gasteiger charge is 2.62. The normalized spacial score (nSPS) is 21.6. The number of hydrogen-bond donors (Lipinski definition) is 2. The van der Waals surface area contributed by atoms with Gasteiger partial charge in [-0.15, -0.1) is 24.5 Å². The summed E-state index contributed by atoms with van der Waals surface area (Å²) in [6, 6.07) is 4.39. The number of ether oxygens (including phenoxy) is 3. The van der Waals surface area contributed by atoms with Crippen molar-refractivity contribution in [3.63, 3.8) is 0 Å². The zero-order valence-electron chi connectivity index (χ0n) is 37.0. The summed E-state index contributed by atoms with van der Waals surface area (Å²) in [5.41, 5.74) is 0.623. The molecular formula is C46H61N5O9S2. The molecule has 2 N–H and O–H groups in total. The first-order chi connectivity index (χ1) is 29.3. The molecule has 3 amide bonds. The summed E-state index contributed by atoms with van der Waals surface area (Å²) in [5, 5.41) is 5.62. The minimum absolute atomic E-state index is 0.0125. The molecule has 336 valence electrons. The van der Waals surface area contributed by atoms with Crippen LogP contribution in [0, 0.1) is 18.8 Å². The smallest absolute Gasteiger partial charge is 0.307 e. The molecule has 3 fully saturated rings. The third-order valence-electron chi connectivity index (χ3n) is 11.7. The van der Waals surface area contributed by atoms with Crippen LogP contribution >= 0.6 is 11.3 Å². The lowest BCUT2D eigenvalue weighted by Crippen LogP contribution is -2.57. The van der Waals surface area contributed by atoms with E-state index in [9.17, 15) is 27.6 Å². The molecule has 2 aliphatic carbocycles. The molecule has 0 unspecified atom stereocenters. The quantitative estimate of drug-likeness (QED) is 0.0660. The zero-order chi connectivity index (χ0) is 45.1. The van der Waals surface area contributed by atoms with Crippen LogP contribution in [0.2, 0.25) is 0 Å².